The van der Waals surface area contributed by atoms with Gasteiger partial charge in [-0.25, -0.2) is 0 Å². The quantitative estimate of drug-likeness (QED) is 0.331. The van der Waals surface area contributed by atoms with Gasteiger partial charge in [-0.15, -0.1) is 11.6 Å². The van der Waals surface area contributed by atoms with E-state index in [-0.39, 0.29) is 0 Å². The van der Waals surface area contributed by atoms with E-state index in [0.29, 0.717) is 5.41 Å². The molecule has 0 aromatic rings. The standard InChI is InChI=1S/C14H29Cl/c1-4-5-6-7-8-9-10-11-12-14(2,3)13-15/h4-13H2,1-3H3. The molecule has 0 bridgehead atoms. The van der Waals surface area contributed by atoms with Crippen LogP contribution in [0.5, 0.6) is 0 Å². The summed E-state index contributed by atoms with van der Waals surface area (Å²) in [5, 5.41) is 0. The maximum atomic E-state index is 5.89. The van der Waals surface area contributed by atoms with Crippen molar-refractivity contribution in [1.29, 1.82) is 0 Å². The fourth-order valence-corrected chi connectivity index (χ4v) is 1.94. The molecule has 0 unspecified atom stereocenters. The molecule has 0 rings (SSSR count). The minimum atomic E-state index is 0.351. The van der Waals surface area contributed by atoms with Crippen molar-refractivity contribution in [3.05, 3.63) is 0 Å². The largest absolute Gasteiger partial charge is 0.126 e. The second kappa shape index (κ2) is 9.51. The Morgan fingerprint density at radius 2 is 1.27 bits per heavy atom. The Bertz CT molecular complexity index is 129. The zero-order valence-corrected chi connectivity index (χ0v) is 11.7. The third kappa shape index (κ3) is 10.6. The third-order valence-corrected chi connectivity index (χ3v) is 3.79. The second-order valence-corrected chi connectivity index (χ2v) is 5.79. The molecule has 0 nitrogen and oxygen atoms in total. The monoisotopic (exact) mass is 232 g/mol. The first-order valence-electron chi connectivity index (χ1n) is 6.68. The molecule has 0 fully saturated rings. The van der Waals surface area contributed by atoms with Crippen molar-refractivity contribution in [3.8, 4) is 0 Å². The highest BCUT2D eigenvalue weighted by molar-refractivity contribution is 6.18. The zero-order valence-electron chi connectivity index (χ0n) is 10.9. The zero-order chi connectivity index (χ0) is 11.6. The van der Waals surface area contributed by atoms with E-state index in [0.717, 1.165) is 5.88 Å². The first kappa shape index (κ1) is 15.3. The van der Waals surface area contributed by atoms with Crippen molar-refractivity contribution in [2.24, 2.45) is 5.41 Å². The van der Waals surface area contributed by atoms with Gasteiger partial charge in [0, 0.05) is 5.88 Å². The molecular formula is C14H29Cl. The van der Waals surface area contributed by atoms with Crippen LogP contribution in [0.25, 0.3) is 0 Å². The van der Waals surface area contributed by atoms with E-state index in [1.807, 2.05) is 0 Å². The molecule has 15 heavy (non-hydrogen) atoms. The Hall–Kier alpha value is 0.290. The van der Waals surface area contributed by atoms with E-state index in [1.165, 1.54) is 57.8 Å². The molecular weight excluding hydrogens is 204 g/mol. The number of rotatable bonds is 10. The summed E-state index contributed by atoms with van der Waals surface area (Å²) in [6.45, 7) is 6.80. The molecule has 0 aliphatic rings. The molecule has 1 heteroatoms. The van der Waals surface area contributed by atoms with Gasteiger partial charge in [0.25, 0.3) is 0 Å². The lowest BCUT2D eigenvalue weighted by atomic mass is 9.89. The summed E-state index contributed by atoms with van der Waals surface area (Å²) < 4.78 is 0. The van der Waals surface area contributed by atoms with Crippen molar-refractivity contribution < 1.29 is 0 Å². The van der Waals surface area contributed by atoms with Crippen LogP contribution in [0.2, 0.25) is 0 Å². The van der Waals surface area contributed by atoms with Crippen LogP contribution in [0.15, 0.2) is 0 Å². The van der Waals surface area contributed by atoms with Crippen LogP contribution in [0, 0.1) is 5.41 Å². The van der Waals surface area contributed by atoms with Gasteiger partial charge in [0.2, 0.25) is 0 Å². The minimum absolute atomic E-state index is 0.351. The second-order valence-electron chi connectivity index (χ2n) is 5.52. The Balaban J connectivity index is 3.11. The highest BCUT2D eigenvalue weighted by atomic mass is 35.5. The summed E-state index contributed by atoms with van der Waals surface area (Å²) in [4.78, 5) is 0. The minimum Gasteiger partial charge on any atom is -0.126 e. The summed E-state index contributed by atoms with van der Waals surface area (Å²) in [6, 6.07) is 0. The topological polar surface area (TPSA) is 0 Å². The maximum absolute atomic E-state index is 5.89. The number of hydrogen-bond acceptors (Lipinski definition) is 0. The van der Waals surface area contributed by atoms with Crippen molar-refractivity contribution in [2.75, 3.05) is 5.88 Å². The Morgan fingerprint density at radius 3 is 1.73 bits per heavy atom. The number of hydrogen-bond donors (Lipinski definition) is 0. The van der Waals surface area contributed by atoms with Crippen molar-refractivity contribution >= 4 is 11.6 Å². The molecule has 0 spiro atoms. The first-order chi connectivity index (χ1) is 7.12. The highest BCUT2D eigenvalue weighted by Gasteiger charge is 2.14. The molecule has 0 heterocycles. The number of alkyl halides is 1. The van der Waals surface area contributed by atoms with Crippen LogP contribution < -0.4 is 0 Å². The Labute approximate surface area is 102 Å². The van der Waals surface area contributed by atoms with Crippen molar-refractivity contribution in [2.45, 2.75) is 78.6 Å². The van der Waals surface area contributed by atoms with E-state index < -0.39 is 0 Å². The average Bonchev–Trinajstić information content (AvgIpc) is 2.22. The predicted octanol–water partition coefficient (Wildman–Crippen LogP) is 5.78. The molecule has 92 valence electrons. The van der Waals surface area contributed by atoms with Crippen molar-refractivity contribution in [1.82, 2.24) is 0 Å². The summed E-state index contributed by atoms with van der Waals surface area (Å²) in [5.74, 6) is 0.795. The average molecular weight is 233 g/mol. The fraction of sp³-hybridized carbons (Fsp3) is 1.00. The van der Waals surface area contributed by atoms with Crippen molar-refractivity contribution in [3.63, 3.8) is 0 Å². The molecule has 0 aliphatic carbocycles. The molecule has 0 aromatic carbocycles. The van der Waals surface area contributed by atoms with Gasteiger partial charge in [0.15, 0.2) is 0 Å². The molecule has 0 amide bonds. The highest BCUT2D eigenvalue weighted by Crippen LogP contribution is 2.25. The maximum Gasteiger partial charge on any atom is 0.0274 e. The summed E-state index contributed by atoms with van der Waals surface area (Å²) in [6.07, 6.45) is 12.5. The van der Waals surface area contributed by atoms with Gasteiger partial charge in [0.05, 0.1) is 0 Å². The van der Waals surface area contributed by atoms with Crippen LogP contribution in [0.4, 0.5) is 0 Å². The van der Waals surface area contributed by atoms with Crippen LogP contribution in [0.1, 0.15) is 78.6 Å². The summed E-state index contributed by atoms with van der Waals surface area (Å²) in [5.41, 5.74) is 0.351. The fourth-order valence-electron chi connectivity index (χ4n) is 1.80. The van der Waals surface area contributed by atoms with Crippen LogP contribution in [-0.4, -0.2) is 5.88 Å². The third-order valence-electron chi connectivity index (χ3n) is 3.07. The van der Waals surface area contributed by atoms with Gasteiger partial charge in [-0.3, -0.25) is 0 Å². The normalized spacial score (nSPS) is 12.0. The summed E-state index contributed by atoms with van der Waals surface area (Å²) in [7, 11) is 0. The van der Waals surface area contributed by atoms with Crippen LogP contribution in [-0.2, 0) is 0 Å². The van der Waals surface area contributed by atoms with Crippen LogP contribution in [0.3, 0.4) is 0 Å². The molecule has 0 saturated heterocycles. The SMILES string of the molecule is CCCCCCCCCCC(C)(C)CCl. The lowest BCUT2D eigenvalue weighted by molar-refractivity contribution is 0.362. The van der Waals surface area contributed by atoms with Gasteiger partial charge >= 0.3 is 0 Å². The Kier molecular flexibility index (Phi) is 9.70. The lowest BCUT2D eigenvalue weighted by Crippen LogP contribution is -2.12. The lowest BCUT2D eigenvalue weighted by Gasteiger charge is -2.20. The van der Waals surface area contributed by atoms with E-state index in [2.05, 4.69) is 20.8 Å². The van der Waals surface area contributed by atoms with Gasteiger partial charge < -0.3 is 0 Å². The molecule has 0 radical (unpaired) electrons. The summed E-state index contributed by atoms with van der Waals surface area (Å²) >= 11 is 5.89. The van der Waals surface area contributed by atoms with Gasteiger partial charge in [0.1, 0.15) is 0 Å². The first-order valence-corrected chi connectivity index (χ1v) is 7.22. The molecule has 0 atom stereocenters. The van der Waals surface area contributed by atoms with Gasteiger partial charge in [-0.05, 0) is 11.8 Å². The van der Waals surface area contributed by atoms with Gasteiger partial charge in [-0.1, -0.05) is 72.1 Å². The number of unbranched alkanes of at least 4 members (excludes halogenated alkanes) is 7. The van der Waals surface area contributed by atoms with E-state index >= 15 is 0 Å². The Morgan fingerprint density at radius 1 is 0.800 bits per heavy atom. The van der Waals surface area contributed by atoms with Gasteiger partial charge in [-0.2, -0.15) is 0 Å². The molecule has 0 aliphatic heterocycles. The van der Waals surface area contributed by atoms with Crippen LogP contribution >= 0.6 is 11.6 Å². The smallest absolute Gasteiger partial charge is 0.0274 e. The van der Waals surface area contributed by atoms with E-state index in [4.69, 9.17) is 11.6 Å². The molecule has 0 N–H and O–H groups in total. The predicted molar refractivity (Wildman–Crippen MR) is 71.7 cm³/mol. The molecule has 0 aromatic heterocycles. The van der Waals surface area contributed by atoms with E-state index in [1.54, 1.807) is 0 Å². The molecule has 0 saturated carbocycles. The number of halogens is 1. The van der Waals surface area contributed by atoms with E-state index in [9.17, 15) is 0 Å².